The molecule has 0 aliphatic heterocycles. The summed E-state index contributed by atoms with van der Waals surface area (Å²) >= 11 is 0. The number of carboxylic acids is 3. The molecule has 0 saturated heterocycles. The molecule has 1 aromatic carbocycles. The standard InChI is InChI=1S/C45H72N12O15/c1-21(2)18-29(53-36(63)23(5)46)40(67)54-30(19-26-12-9-8-10-13-26)41(68)55-31(20-33(61)62)42(69)52-27(14-11-17-49-45(47)48)38(65)57-35(25(7)58)43(70)50-24(6)37(64)51-28(15-16-32(59)60)39(66)56-34(22(3)4)44(71)72/h8-10,12-13,21-25,27-31,34-35,58H,11,14-20,46H2,1-7H3,(H,50,70)(H,51,64)(H,52,69)(H,53,63)(H,54,67)(H,55,68)(H,56,66)(H,57,65)(H,59,60)(H,61,62)(H,71,72)(H4,47,48,49)/t23-,24-,25+,27-,28-,29-,30-,31-,34-,35-/m0/s1. The van der Waals surface area contributed by atoms with Gasteiger partial charge in [-0.3, -0.25) is 52.9 Å². The highest BCUT2D eigenvalue weighted by Crippen LogP contribution is 2.11. The van der Waals surface area contributed by atoms with Crippen LogP contribution in [0.1, 0.15) is 92.6 Å². The monoisotopic (exact) mass is 1020 g/mol. The number of aliphatic hydroxyl groups is 1. The number of aliphatic imine (C=N–C) groups is 1. The molecular formula is C45H72N12O15. The van der Waals surface area contributed by atoms with E-state index in [1.165, 1.54) is 20.8 Å². The number of carbonyl (C=O) groups excluding carboxylic acids is 8. The predicted octanol–water partition coefficient (Wildman–Crippen LogP) is -3.96. The van der Waals surface area contributed by atoms with Crippen LogP contribution in [0, 0.1) is 11.8 Å². The molecule has 0 radical (unpaired) electrons. The van der Waals surface area contributed by atoms with Crippen molar-refractivity contribution in [2.45, 2.75) is 154 Å². The maximum atomic E-state index is 14.0. The first-order valence-corrected chi connectivity index (χ1v) is 23.2. The van der Waals surface area contributed by atoms with E-state index in [0.29, 0.717) is 5.56 Å². The topological polar surface area (TPSA) is 455 Å². The molecule has 402 valence electrons. The van der Waals surface area contributed by atoms with Gasteiger partial charge < -0.3 is 80.2 Å². The van der Waals surface area contributed by atoms with Crippen molar-refractivity contribution in [3.8, 4) is 0 Å². The summed E-state index contributed by atoms with van der Waals surface area (Å²) in [6.45, 7) is 10.2. The SMILES string of the molecule is CC(C)C[C@H](NC(=O)[C@H](C)N)C(=O)N[C@@H](Cc1ccccc1)C(=O)N[C@@H](CC(=O)O)C(=O)N[C@@H](CCCN=C(N)N)C(=O)N[C@H](C(=O)N[C@@H](C)C(=O)N[C@@H](CCC(=O)O)C(=O)N[C@H](C(=O)O)C(C)C)[C@@H](C)O. The van der Waals surface area contributed by atoms with Crippen LogP contribution < -0.4 is 59.7 Å². The molecule has 0 unspecified atom stereocenters. The van der Waals surface area contributed by atoms with Gasteiger partial charge >= 0.3 is 17.9 Å². The molecule has 1 rings (SSSR count). The number of amides is 8. The summed E-state index contributed by atoms with van der Waals surface area (Å²) in [5, 5.41) is 58.1. The third kappa shape index (κ3) is 23.5. The molecule has 0 aromatic heterocycles. The molecule has 0 aliphatic rings. The molecule has 0 fully saturated rings. The Bertz CT molecular complexity index is 2080. The Morgan fingerprint density at radius 3 is 1.54 bits per heavy atom. The van der Waals surface area contributed by atoms with E-state index in [9.17, 15) is 73.2 Å². The van der Waals surface area contributed by atoms with Crippen molar-refractivity contribution in [3.05, 3.63) is 35.9 Å². The van der Waals surface area contributed by atoms with Crippen LogP contribution in [0.25, 0.3) is 0 Å². The molecule has 0 saturated carbocycles. The van der Waals surface area contributed by atoms with E-state index in [-0.39, 0.29) is 44.1 Å². The third-order valence-corrected chi connectivity index (χ3v) is 10.6. The number of nitrogens with zero attached hydrogens (tertiary/aromatic N) is 1. The number of carbonyl (C=O) groups is 11. The number of rotatable bonds is 32. The van der Waals surface area contributed by atoms with Gasteiger partial charge in [0.1, 0.15) is 48.3 Å². The van der Waals surface area contributed by atoms with Crippen molar-refractivity contribution in [1.29, 1.82) is 0 Å². The van der Waals surface area contributed by atoms with Crippen molar-refractivity contribution in [2.75, 3.05) is 6.54 Å². The second-order valence-electron chi connectivity index (χ2n) is 17.9. The molecular weight excluding hydrogens is 949 g/mol. The van der Waals surface area contributed by atoms with Crippen LogP contribution in [-0.2, 0) is 59.2 Å². The number of hydrogen-bond acceptors (Lipinski definition) is 14. The van der Waals surface area contributed by atoms with Crippen LogP contribution in [-0.4, -0.2) is 159 Å². The lowest BCUT2D eigenvalue weighted by Gasteiger charge is -2.28. The van der Waals surface area contributed by atoms with Crippen LogP contribution in [0.5, 0.6) is 0 Å². The molecule has 18 N–H and O–H groups in total. The summed E-state index contributed by atoms with van der Waals surface area (Å²) in [5.74, 6) is -13.4. The second kappa shape index (κ2) is 31.0. The maximum absolute atomic E-state index is 14.0. The minimum Gasteiger partial charge on any atom is -0.481 e. The van der Waals surface area contributed by atoms with Gasteiger partial charge in [0, 0.05) is 19.4 Å². The van der Waals surface area contributed by atoms with Gasteiger partial charge in [-0.25, -0.2) is 4.79 Å². The summed E-state index contributed by atoms with van der Waals surface area (Å²) in [5.41, 5.74) is 17.1. The van der Waals surface area contributed by atoms with Gasteiger partial charge in [-0.2, -0.15) is 0 Å². The van der Waals surface area contributed by atoms with E-state index in [1.807, 2.05) is 0 Å². The van der Waals surface area contributed by atoms with Crippen molar-refractivity contribution in [2.24, 2.45) is 34.0 Å². The lowest BCUT2D eigenvalue weighted by Crippen LogP contribution is -2.62. The average molecular weight is 1020 g/mol. The summed E-state index contributed by atoms with van der Waals surface area (Å²) in [7, 11) is 0. The first-order valence-electron chi connectivity index (χ1n) is 23.2. The van der Waals surface area contributed by atoms with Crippen LogP contribution in [0.3, 0.4) is 0 Å². The molecule has 72 heavy (non-hydrogen) atoms. The summed E-state index contributed by atoms with van der Waals surface area (Å²) in [4.78, 5) is 147. The highest BCUT2D eigenvalue weighted by molar-refractivity contribution is 5.99. The molecule has 1 aromatic rings. The largest absolute Gasteiger partial charge is 0.481 e. The fourth-order valence-electron chi connectivity index (χ4n) is 6.67. The van der Waals surface area contributed by atoms with E-state index in [0.717, 1.165) is 13.8 Å². The van der Waals surface area contributed by atoms with Crippen LogP contribution in [0.15, 0.2) is 35.3 Å². The number of benzene rings is 1. The molecule has 27 nitrogen and oxygen atoms in total. The summed E-state index contributed by atoms with van der Waals surface area (Å²) in [6, 6.07) is -5.16. The molecule has 0 spiro atoms. The number of guanidine groups is 1. The minimum absolute atomic E-state index is 0.0157. The summed E-state index contributed by atoms with van der Waals surface area (Å²) in [6.07, 6.45) is -4.16. The van der Waals surface area contributed by atoms with Gasteiger partial charge in [0.15, 0.2) is 5.96 Å². The zero-order chi connectivity index (χ0) is 55.0. The normalized spacial score (nSPS) is 15.2. The van der Waals surface area contributed by atoms with Gasteiger partial charge in [-0.15, -0.1) is 0 Å². The van der Waals surface area contributed by atoms with Gasteiger partial charge in [-0.1, -0.05) is 58.0 Å². The van der Waals surface area contributed by atoms with Crippen molar-refractivity contribution in [1.82, 2.24) is 42.5 Å². The minimum atomic E-state index is -1.90. The fraction of sp³-hybridized carbons (Fsp3) is 0.600. The molecule has 0 aliphatic carbocycles. The molecule has 0 bridgehead atoms. The van der Waals surface area contributed by atoms with E-state index in [1.54, 1.807) is 44.2 Å². The van der Waals surface area contributed by atoms with Crippen LogP contribution in [0.2, 0.25) is 0 Å². The van der Waals surface area contributed by atoms with Crippen LogP contribution >= 0.6 is 0 Å². The smallest absolute Gasteiger partial charge is 0.326 e. The number of hydrogen-bond donors (Lipinski definition) is 15. The number of nitrogens with one attached hydrogen (secondary N) is 8. The van der Waals surface area contributed by atoms with E-state index >= 15 is 0 Å². The molecule has 8 amide bonds. The Morgan fingerprint density at radius 1 is 0.556 bits per heavy atom. The number of aliphatic carboxylic acids is 3. The first kappa shape index (κ1) is 62.6. The number of carboxylic acid groups (broad SMARTS) is 3. The maximum Gasteiger partial charge on any atom is 0.326 e. The second-order valence-corrected chi connectivity index (χ2v) is 17.9. The fourth-order valence-corrected chi connectivity index (χ4v) is 6.67. The zero-order valence-corrected chi connectivity index (χ0v) is 41.4. The Kier molecular flexibility index (Phi) is 27.0. The van der Waals surface area contributed by atoms with E-state index in [4.69, 9.17) is 17.2 Å². The van der Waals surface area contributed by atoms with E-state index < -0.39 is 151 Å². The Balaban J connectivity index is 3.48. The van der Waals surface area contributed by atoms with Gasteiger partial charge in [-0.05, 0) is 63.9 Å². The van der Waals surface area contributed by atoms with Gasteiger partial charge in [0.2, 0.25) is 47.3 Å². The van der Waals surface area contributed by atoms with Crippen molar-refractivity contribution >= 4 is 71.1 Å². The Morgan fingerprint density at radius 2 is 1.04 bits per heavy atom. The van der Waals surface area contributed by atoms with E-state index in [2.05, 4.69) is 47.5 Å². The van der Waals surface area contributed by atoms with Crippen LogP contribution in [0.4, 0.5) is 0 Å². The predicted molar refractivity (Wildman–Crippen MR) is 258 cm³/mol. The average Bonchev–Trinajstić information content (AvgIpc) is 3.27. The van der Waals surface area contributed by atoms with Gasteiger partial charge in [0.05, 0.1) is 18.6 Å². The first-order chi connectivity index (χ1) is 33.5. The lowest BCUT2D eigenvalue weighted by molar-refractivity contribution is -0.144. The summed E-state index contributed by atoms with van der Waals surface area (Å²) < 4.78 is 0. The van der Waals surface area contributed by atoms with Crippen molar-refractivity contribution < 1.29 is 73.2 Å². The highest BCUT2D eigenvalue weighted by atomic mass is 16.4. The lowest BCUT2D eigenvalue weighted by atomic mass is 10.0. The number of aliphatic hydroxyl groups excluding tert-OH is 1. The zero-order valence-electron chi connectivity index (χ0n) is 41.4. The van der Waals surface area contributed by atoms with Gasteiger partial charge in [0.25, 0.3) is 0 Å². The van der Waals surface area contributed by atoms with Crippen molar-refractivity contribution in [3.63, 3.8) is 0 Å². The molecule has 10 atom stereocenters. The highest BCUT2D eigenvalue weighted by Gasteiger charge is 2.36. The Labute approximate surface area is 416 Å². The Hall–Kier alpha value is -7.42. The molecule has 27 heteroatoms. The number of nitrogens with two attached hydrogens (primary N) is 3. The molecule has 0 heterocycles. The quantitative estimate of drug-likeness (QED) is 0.0186. The third-order valence-electron chi connectivity index (χ3n) is 10.6.